The molecule has 0 amide bonds. The highest BCUT2D eigenvalue weighted by Crippen LogP contribution is 1.97. The van der Waals surface area contributed by atoms with E-state index in [0.29, 0.717) is 6.54 Å². The van der Waals surface area contributed by atoms with Gasteiger partial charge in [0.25, 0.3) is 0 Å². The summed E-state index contributed by atoms with van der Waals surface area (Å²) < 4.78 is 1.47. The second-order valence-electron chi connectivity index (χ2n) is 2.86. The van der Waals surface area contributed by atoms with Crippen molar-refractivity contribution >= 4 is 0 Å². The Morgan fingerprint density at radius 1 is 1.75 bits per heavy atom. The standard InChI is InChI=1S/C8H14N2O2/c1-2-3-7(11)6-10-5-4-9-8(10)12/h4-5,7,11H,2-3,6H2,1H3,(H,9,12). The Kier molecular flexibility index (Phi) is 3.10. The predicted octanol–water partition coefficient (Wildman–Crippen LogP) is 0.337. The number of imidazole rings is 1. The van der Waals surface area contributed by atoms with Crippen molar-refractivity contribution in [2.45, 2.75) is 32.4 Å². The molecule has 4 heteroatoms. The van der Waals surface area contributed by atoms with Crippen molar-refractivity contribution in [3.8, 4) is 0 Å². The number of hydrogen-bond donors (Lipinski definition) is 2. The molecule has 1 atom stereocenters. The lowest BCUT2D eigenvalue weighted by atomic mass is 10.2. The van der Waals surface area contributed by atoms with Crippen LogP contribution in [0, 0.1) is 0 Å². The second-order valence-corrected chi connectivity index (χ2v) is 2.86. The molecule has 0 radical (unpaired) electrons. The van der Waals surface area contributed by atoms with Crippen molar-refractivity contribution in [1.82, 2.24) is 9.55 Å². The summed E-state index contributed by atoms with van der Waals surface area (Å²) in [5.41, 5.74) is -0.162. The minimum absolute atomic E-state index is 0.162. The molecule has 1 rings (SSSR count). The quantitative estimate of drug-likeness (QED) is 0.684. The number of rotatable bonds is 4. The van der Waals surface area contributed by atoms with Gasteiger partial charge in [0.2, 0.25) is 0 Å². The molecule has 68 valence electrons. The van der Waals surface area contributed by atoms with Crippen LogP contribution in [0.5, 0.6) is 0 Å². The number of aromatic nitrogens is 2. The largest absolute Gasteiger partial charge is 0.391 e. The van der Waals surface area contributed by atoms with Gasteiger partial charge in [-0.15, -0.1) is 0 Å². The van der Waals surface area contributed by atoms with Crippen molar-refractivity contribution in [1.29, 1.82) is 0 Å². The smallest absolute Gasteiger partial charge is 0.325 e. The second kappa shape index (κ2) is 4.11. The topological polar surface area (TPSA) is 58.0 Å². The minimum atomic E-state index is -0.413. The Morgan fingerprint density at radius 3 is 3.00 bits per heavy atom. The van der Waals surface area contributed by atoms with Crippen LogP contribution < -0.4 is 5.69 Å². The average Bonchev–Trinajstić information content (AvgIpc) is 2.37. The zero-order chi connectivity index (χ0) is 8.97. The SMILES string of the molecule is CCCC(O)Cn1cc[nH]c1=O. The van der Waals surface area contributed by atoms with Gasteiger partial charge in [-0.05, 0) is 6.42 Å². The van der Waals surface area contributed by atoms with Gasteiger partial charge in [0.05, 0.1) is 12.6 Å². The maximum absolute atomic E-state index is 11.0. The Labute approximate surface area is 70.9 Å². The van der Waals surface area contributed by atoms with Crippen LogP contribution in [0.1, 0.15) is 19.8 Å². The van der Waals surface area contributed by atoms with Crippen LogP contribution in [0.2, 0.25) is 0 Å². The monoisotopic (exact) mass is 170 g/mol. The zero-order valence-corrected chi connectivity index (χ0v) is 7.16. The van der Waals surface area contributed by atoms with Gasteiger partial charge in [-0.1, -0.05) is 13.3 Å². The fourth-order valence-corrected chi connectivity index (χ4v) is 1.14. The van der Waals surface area contributed by atoms with Gasteiger partial charge in [0.1, 0.15) is 0 Å². The molecule has 0 spiro atoms. The lowest BCUT2D eigenvalue weighted by Gasteiger charge is -2.08. The van der Waals surface area contributed by atoms with Crippen molar-refractivity contribution in [2.75, 3.05) is 0 Å². The van der Waals surface area contributed by atoms with E-state index in [1.54, 1.807) is 12.4 Å². The maximum atomic E-state index is 11.0. The predicted molar refractivity (Wildman–Crippen MR) is 46.0 cm³/mol. The van der Waals surface area contributed by atoms with Gasteiger partial charge in [0.15, 0.2) is 0 Å². The summed E-state index contributed by atoms with van der Waals surface area (Å²) in [5.74, 6) is 0. The summed E-state index contributed by atoms with van der Waals surface area (Å²) >= 11 is 0. The van der Waals surface area contributed by atoms with Gasteiger partial charge >= 0.3 is 5.69 Å². The number of hydrogen-bond acceptors (Lipinski definition) is 2. The summed E-state index contributed by atoms with van der Waals surface area (Å²) in [6.45, 7) is 2.39. The third-order valence-electron chi connectivity index (χ3n) is 1.75. The fraction of sp³-hybridized carbons (Fsp3) is 0.625. The third-order valence-corrected chi connectivity index (χ3v) is 1.75. The number of H-pyrrole nitrogens is 1. The molecule has 0 fully saturated rings. The molecule has 2 N–H and O–H groups in total. The first-order valence-corrected chi connectivity index (χ1v) is 4.16. The molecule has 4 nitrogen and oxygen atoms in total. The summed E-state index contributed by atoms with van der Waals surface area (Å²) in [5, 5.41) is 9.37. The first-order valence-electron chi connectivity index (χ1n) is 4.16. The normalized spacial score (nSPS) is 13.2. The molecule has 0 aromatic carbocycles. The lowest BCUT2D eigenvalue weighted by Crippen LogP contribution is -2.23. The molecule has 1 unspecified atom stereocenters. The number of aliphatic hydroxyl groups is 1. The van der Waals surface area contributed by atoms with E-state index in [0.717, 1.165) is 12.8 Å². The molecule has 0 saturated heterocycles. The van der Waals surface area contributed by atoms with E-state index in [2.05, 4.69) is 4.98 Å². The van der Waals surface area contributed by atoms with Crippen LogP contribution in [-0.4, -0.2) is 20.8 Å². The lowest BCUT2D eigenvalue weighted by molar-refractivity contribution is 0.142. The third kappa shape index (κ3) is 2.23. The summed E-state index contributed by atoms with van der Waals surface area (Å²) in [6.07, 6.45) is 4.46. The molecule has 0 saturated carbocycles. The Morgan fingerprint density at radius 2 is 2.50 bits per heavy atom. The highest BCUT2D eigenvalue weighted by molar-refractivity contribution is 4.76. The Bertz CT molecular complexity index is 277. The van der Waals surface area contributed by atoms with Crippen LogP contribution in [0.4, 0.5) is 0 Å². The summed E-state index contributed by atoms with van der Waals surface area (Å²) in [4.78, 5) is 13.5. The van der Waals surface area contributed by atoms with Crippen molar-refractivity contribution in [3.05, 3.63) is 22.9 Å². The Balaban J connectivity index is 2.52. The number of nitrogens with zero attached hydrogens (tertiary/aromatic N) is 1. The summed E-state index contributed by atoms with van der Waals surface area (Å²) in [7, 11) is 0. The van der Waals surface area contributed by atoms with Gasteiger partial charge < -0.3 is 10.1 Å². The van der Waals surface area contributed by atoms with Gasteiger partial charge in [-0.2, -0.15) is 0 Å². The molecule has 1 aromatic heterocycles. The molecular formula is C8H14N2O2. The van der Waals surface area contributed by atoms with Crippen molar-refractivity contribution in [3.63, 3.8) is 0 Å². The van der Waals surface area contributed by atoms with E-state index in [1.807, 2.05) is 6.92 Å². The van der Waals surface area contributed by atoms with E-state index in [4.69, 9.17) is 0 Å². The highest BCUT2D eigenvalue weighted by Gasteiger charge is 2.04. The first-order chi connectivity index (χ1) is 5.74. The molecule has 1 heterocycles. The van der Waals surface area contributed by atoms with Gasteiger partial charge in [-0.3, -0.25) is 4.57 Å². The average molecular weight is 170 g/mol. The highest BCUT2D eigenvalue weighted by atomic mass is 16.3. The molecule has 12 heavy (non-hydrogen) atoms. The van der Waals surface area contributed by atoms with Gasteiger partial charge in [-0.25, -0.2) is 4.79 Å². The van der Waals surface area contributed by atoms with E-state index < -0.39 is 6.10 Å². The van der Waals surface area contributed by atoms with Crippen LogP contribution in [0.15, 0.2) is 17.2 Å². The Hall–Kier alpha value is -1.03. The van der Waals surface area contributed by atoms with Crippen LogP contribution in [0.3, 0.4) is 0 Å². The molecule has 0 aliphatic carbocycles. The minimum Gasteiger partial charge on any atom is -0.391 e. The summed E-state index contributed by atoms with van der Waals surface area (Å²) in [6, 6.07) is 0. The molecule has 0 aliphatic heterocycles. The van der Waals surface area contributed by atoms with Crippen molar-refractivity contribution in [2.24, 2.45) is 0 Å². The fourth-order valence-electron chi connectivity index (χ4n) is 1.14. The zero-order valence-electron chi connectivity index (χ0n) is 7.16. The van der Waals surface area contributed by atoms with E-state index >= 15 is 0 Å². The van der Waals surface area contributed by atoms with E-state index in [9.17, 15) is 9.90 Å². The van der Waals surface area contributed by atoms with Crippen molar-refractivity contribution < 1.29 is 5.11 Å². The first kappa shape index (κ1) is 9.06. The van der Waals surface area contributed by atoms with E-state index in [1.165, 1.54) is 4.57 Å². The molecular weight excluding hydrogens is 156 g/mol. The molecule has 0 bridgehead atoms. The maximum Gasteiger partial charge on any atom is 0.325 e. The molecule has 1 aromatic rings. The van der Waals surface area contributed by atoms with Crippen LogP contribution in [0.25, 0.3) is 0 Å². The molecule has 0 aliphatic rings. The van der Waals surface area contributed by atoms with Crippen LogP contribution in [-0.2, 0) is 6.54 Å². The number of aliphatic hydroxyl groups excluding tert-OH is 1. The van der Waals surface area contributed by atoms with E-state index in [-0.39, 0.29) is 5.69 Å². The van der Waals surface area contributed by atoms with Crippen LogP contribution >= 0.6 is 0 Å². The number of aromatic amines is 1. The van der Waals surface area contributed by atoms with Gasteiger partial charge in [0, 0.05) is 12.4 Å². The number of nitrogens with one attached hydrogen (secondary N) is 1.